The van der Waals surface area contributed by atoms with Crippen molar-refractivity contribution in [2.75, 3.05) is 0 Å². The molecular formula is C8H8F3NO. The normalized spacial score (nSPS) is 11.5. The lowest BCUT2D eigenvalue weighted by Crippen LogP contribution is -2.18. The van der Waals surface area contributed by atoms with E-state index in [0.717, 1.165) is 0 Å². The van der Waals surface area contributed by atoms with Crippen molar-refractivity contribution in [1.82, 2.24) is 4.98 Å². The maximum atomic E-state index is 11.8. The second-order valence-electron chi connectivity index (χ2n) is 2.57. The molecule has 0 aromatic carbocycles. The minimum Gasteiger partial charge on any atom is -0.405 e. The summed E-state index contributed by atoms with van der Waals surface area (Å²) in [6, 6.07) is 1.19. The first kappa shape index (κ1) is 9.83. The molecule has 0 bridgehead atoms. The molecule has 0 aliphatic carbocycles. The third-order valence-corrected chi connectivity index (χ3v) is 1.63. The van der Waals surface area contributed by atoms with Gasteiger partial charge in [-0.05, 0) is 19.9 Å². The molecule has 1 heterocycles. The monoisotopic (exact) mass is 191 g/mol. The summed E-state index contributed by atoms with van der Waals surface area (Å²) < 4.78 is 39.2. The fourth-order valence-electron chi connectivity index (χ4n) is 0.852. The number of rotatable bonds is 1. The van der Waals surface area contributed by atoms with Crippen LogP contribution in [0.15, 0.2) is 12.3 Å². The molecule has 72 valence electrons. The quantitative estimate of drug-likeness (QED) is 0.680. The van der Waals surface area contributed by atoms with Crippen LogP contribution >= 0.6 is 0 Å². The van der Waals surface area contributed by atoms with Gasteiger partial charge < -0.3 is 4.74 Å². The van der Waals surface area contributed by atoms with Crippen molar-refractivity contribution in [1.29, 1.82) is 0 Å². The molecule has 1 rings (SSSR count). The highest BCUT2D eigenvalue weighted by molar-refractivity contribution is 5.33. The van der Waals surface area contributed by atoms with Crippen LogP contribution in [-0.2, 0) is 0 Å². The van der Waals surface area contributed by atoms with E-state index in [9.17, 15) is 13.2 Å². The number of hydrogen-bond donors (Lipinski definition) is 0. The summed E-state index contributed by atoms with van der Waals surface area (Å²) >= 11 is 0. The van der Waals surface area contributed by atoms with E-state index in [2.05, 4.69) is 9.72 Å². The Morgan fingerprint density at radius 3 is 2.46 bits per heavy atom. The molecule has 1 aromatic rings. The third kappa shape index (κ3) is 2.61. The topological polar surface area (TPSA) is 22.1 Å². The van der Waals surface area contributed by atoms with E-state index >= 15 is 0 Å². The lowest BCUT2D eigenvalue weighted by molar-refractivity contribution is -0.274. The van der Waals surface area contributed by atoms with Crippen molar-refractivity contribution in [2.24, 2.45) is 0 Å². The molecule has 0 aliphatic rings. The van der Waals surface area contributed by atoms with Crippen LogP contribution in [-0.4, -0.2) is 11.3 Å². The van der Waals surface area contributed by atoms with Crippen LogP contribution in [0.1, 0.15) is 11.3 Å². The molecule has 5 heteroatoms. The molecule has 0 saturated heterocycles. The number of nitrogens with zero attached hydrogens (tertiary/aromatic N) is 1. The Hall–Kier alpha value is -1.26. The average molecular weight is 191 g/mol. The number of alkyl halides is 3. The smallest absolute Gasteiger partial charge is 0.405 e. The number of pyridine rings is 1. The van der Waals surface area contributed by atoms with Gasteiger partial charge in [-0.2, -0.15) is 0 Å². The molecule has 0 aliphatic heterocycles. The largest absolute Gasteiger partial charge is 0.573 e. The zero-order valence-electron chi connectivity index (χ0n) is 7.14. The van der Waals surface area contributed by atoms with Gasteiger partial charge in [0.2, 0.25) is 0 Å². The number of halogens is 3. The Labute approximate surface area is 73.4 Å². The van der Waals surface area contributed by atoms with E-state index < -0.39 is 6.36 Å². The molecule has 0 radical (unpaired) electrons. The van der Waals surface area contributed by atoms with Crippen LogP contribution < -0.4 is 4.74 Å². The van der Waals surface area contributed by atoms with Crippen molar-refractivity contribution < 1.29 is 17.9 Å². The number of ether oxygens (including phenoxy) is 1. The highest BCUT2D eigenvalue weighted by atomic mass is 19.4. The van der Waals surface area contributed by atoms with E-state index in [0.29, 0.717) is 11.3 Å². The van der Waals surface area contributed by atoms with Crippen LogP contribution in [0.4, 0.5) is 13.2 Å². The summed E-state index contributed by atoms with van der Waals surface area (Å²) in [5.41, 5.74) is 0.932. The second-order valence-corrected chi connectivity index (χ2v) is 2.57. The molecule has 2 nitrogen and oxygen atoms in total. The van der Waals surface area contributed by atoms with Crippen LogP contribution in [0.5, 0.6) is 5.75 Å². The Morgan fingerprint density at radius 1 is 1.31 bits per heavy atom. The lowest BCUT2D eigenvalue weighted by Gasteiger charge is -2.11. The van der Waals surface area contributed by atoms with Crippen molar-refractivity contribution >= 4 is 0 Å². The fraction of sp³-hybridized carbons (Fsp3) is 0.375. The number of aryl methyl sites for hydroxylation is 1. The van der Waals surface area contributed by atoms with Gasteiger partial charge in [-0.1, -0.05) is 0 Å². The first-order valence-electron chi connectivity index (χ1n) is 3.58. The first-order valence-corrected chi connectivity index (χ1v) is 3.58. The van der Waals surface area contributed by atoms with Gasteiger partial charge in [-0.3, -0.25) is 4.98 Å². The summed E-state index contributed by atoms with van der Waals surface area (Å²) in [4.78, 5) is 3.82. The van der Waals surface area contributed by atoms with E-state index in [1.807, 2.05) is 0 Å². The third-order valence-electron chi connectivity index (χ3n) is 1.63. The van der Waals surface area contributed by atoms with Crippen molar-refractivity contribution in [3.8, 4) is 5.75 Å². The molecule has 0 atom stereocenters. The fourth-order valence-corrected chi connectivity index (χ4v) is 0.852. The minimum absolute atomic E-state index is 0.194. The molecule has 0 amide bonds. The Morgan fingerprint density at radius 2 is 1.92 bits per heavy atom. The van der Waals surface area contributed by atoms with Crippen LogP contribution in [0.25, 0.3) is 0 Å². The van der Waals surface area contributed by atoms with E-state index in [-0.39, 0.29) is 5.75 Å². The molecule has 0 saturated carbocycles. The van der Waals surface area contributed by atoms with Gasteiger partial charge in [-0.15, -0.1) is 13.2 Å². The maximum Gasteiger partial charge on any atom is 0.573 e. The summed E-state index contributed by atoms with van der Waals surface area (Å²) in [5, 5.41) is 0. The van der Waals surface area contributed by atoms with Gasteiger partial charge in [-0.25, -0.2) is 0 Å². The number of hydrogen-bond acceptors (Lipinski definition) is 2. The summed E-state index contributed by atoms with van der Waals surface area (Å²) in [6.45, 7) is 3.15. The van der Waals surface area contributed by atoms with E-state index in [4.69, 9.17) is 0 Å². The Balaban J connectivity index is 2.96. The molecule has 0 unspecified atom stereocenters. The van der Waals surface area contributed by atoms with Crippen LogP contribution in [0.3, 0.4) is 0 Å². The van der Waals surface area contributed by atoms with Gasteiger partial charge >= 0.3 is 6.36 Å². The molecule has 1 aromatic heterocycles. The number of aromatic nitrogens is 1. The predicted molar refractivity (Wildman–Crippen MR) is 40.4 cm³/mol. The SMILES string of the molecule is Cc1nccc(OC(F)(F)F)c1C. The predicted octanol–water partition coefficient (Wildman–Crippen LogP) is 2.60. The van der Waals surface area contributed by atoms with Crippen molar-refractivity contribution in [3.05, 3.63) is 23.5 Å². The zero-order valence-corrected chi connectivity index (χ0v) is 7.14. The van der Waals surface area contributed by atoms with E-state index in [1.54, 1.807) is 6.92 Å². The summed E-state index contributed by atoms with van der Waals surface area (Å²) in [7, 11) is 0. The maximum absolute atomic E-state index is 11.8. The summed E-state index contributed by atoms with van der Waals surface area (Å²) in [6.07, 6.45) is -3.36. The van der Waals surface area contributed by atoms with Gasteiger partial charge in [0, 0.05) is 17.5 Å². The van der Waals surface area contributed by atoms with Gasteiger partial charge in [0.15, 0.2) is 0 Å². The zero-order chi connectivity index (χ0) is 10.1. The Bertz CT molecular complexity index is 309. The van der Waals surface area contributed by atoms with Gasteiger partial charge in [0.25, 0.3) is 0 Å². The second kappa shape index (κ2) is 3.24. The van der Waals surface area contributed by atoms with Crippen molar-refractivity contribution in [3.63, 3.8) is 0 Å². The molecular weight excluding hydrogens is 183 g/mol. The first-order chi connectivity index (χ1) is 5.90. The van der Waals surface area contributed by atoms with Crippen LogP contribution in [0.2, 0.25) is 0 Å². The molecule has 0 fully saturated rings. The molecule has 0 spiro atoms. The van der Waals surface area contributed by atoms with E-state index in [1.165, 1.54) is 19.2 Å². The highest BCUT2D eigenvalue weighted by Gasteiger charge is 2.31. The minimum atomic E-state index is -4.64. The van der Waals surface area contributed by atoms with Gasteiger partial charge in [0.05, 0.1) is 0 Å². The average Bonchev–Trinajstić information content (AvgIpc) is 1.96. The van der Waals surface area contributed by atoms with Crippen LogP contribution in [0, 0.1) is 13.8 Å². The highest BCUT2D eigenvalue weighted by Crippen LogP contribution is 2.26. The molecule has 0 N–H and O–H groups in total. The molecule has 13 heavy (non-hydrogen) atoms. The van der Waals surface area contributed by atoms with Crippen molar-refractivity contribution in [2.45, 2.75) is 20.2 Å². The van der Waals surface area contributed by atoms with Gasteiger partial charge in [0.1, 0.15) is 5.75 Å². The standard InChI is InChI=1S/C8H8F3NO/c1-5-6(2)12-4-3-7(5)13-8(9,10)11/h3-4H,1-2H3. The lowest BCUT2D eigenvalue weighted by atomic mass is 10.2. The Kier molecular flexibility index (Phi) is 2.45. The summed E-state index contributed by atoms with van der Waals surface area (Å²) in [5.74, 6) is -0.194.